The van der Waals surface area contributed by atoms with Gasteiger partial charge in [-0.1, -0.05) is 23.7 Å². The van der Waals surface area contributed by atoms with E-state index in [2.05, 4.69) is 28.0 Å². The van der Waals surface area contributed by atoms with Crippen molar-refractivity contribution in [1.82, 2.24) is 16.2 Å². The third-order valence-electron chi connectivity index (χ3n) is 7.70. The lowest BCUT2D eigenvalue weighted by molar-refractivity contribution is -0.121. The van der Waals surface area contributed by atoms with Crippen LogP contribution in [0.1, 0.15) is 31.4 Å². The Morgan fingerprint density at radius 1 is 0.833 bits per heavy atom. The van der Waals surface area contributed by atoms with Crippen LogP contribution in [-0.4, -0.2) is 123 Å². The van der Waals surface area contributed by atoms with Gasteiger partial charge < -0.3 is 43.4 Å². The van der Waals surface area contributed by atoms with Gasteiger partial charge in [0.1, 0.15) is 11.9 Å². The van der Waals surface area contributed by atoms with Crippen LogP contribution in [0.4, 0.5) is 5.69 Å². The van der Waals surface area contributed by atoms with Gasteiger partial charge in [0.15, 0.2) is 0 Å². The van der Waals surface area contributed by atoms with Crippen molar-refractivity contribution in [3.05, 3.63) is 58.6 Å². The van der Waals surface area contributed by atoms with Crippen molar-refractivity contribution < 1.29 is 38.0 Å². The van der Waals surface area contributed by atoms with Crippen LogP contribution in [0.5, 0.6) is 5.75 Å². The summed E-state index contributed by atoms with van der Waals surface area (Å²) < 4.78 is 38.3. The number of halogens is 1. The molecule has 1 fully saturated rings. The number of methoxy groups -OCH3 is 1. The molecule has 3 atom stereocenters. The molecule has 1 amide bonds. The summed E-state index contributed by atoms with van der Waals surface area (Å²) in [6.45, 7) is 10.6. The summed E-state index contributed by atoms with van der Waals surface area (Å²) in [6, 6.07) is 13.2. The van der Waals surface area contributed by atoms with Crippen LogP contribution in [0.15, 0.2) is 47.5 Å². The highest BCUT2D eigenvalue weighted by molar-refractivity contribution is 6.30. The Bertz CT molecular complexity index is 1270. The van der Waals surface area contributed by atoms with Gasteiger partial charge in [0.05, 0.1) is 104 Å². The first kappa shape index (κ1) is 38.0. The summed E-state index contributed by atoms with van der Waals surface area (Å²) in [6.07, 6.45) is -0.0973. The number of carbonyl (C=O) groups excluding carboxylic acids is 1. The number of nitrogens with one attached hydrogen (secondary N) is 3. The first-order chi connectivity index (χ1) is 23.5. The van der Waals surface area contributed by atoms with E-state index in [1.165, 1.54) is 0 Å². The van der Waals surface area contributed by atoms with Gasteiger partial charge in [-0.2, -0.15) is 0 Å². The van der Waals surface area contributed by atoms with Crippen molar-refractivity contribution >= 4 is 28.9 Å². The third kappa shape index (κ3) is 11.9. The highest BCUT2D eigenvalue weighted by Crippen LogP contribution is 2.36. The minimum absolute atomic E-state index is 0.0320. The molecule has 3 N–H and O–H groups in total. The van der Waals surface area contributed by atoms with Gasteiger partial charge in [0, 0.05) is 35.0 Å². The van der Waals surface area contributed by atoms with Gasteiger partial charge >= 0.3 is 0 Å². The first-order valence-corrected chi connectivity index (χ1v) is 16.9. The lowest BCUT2D eigenvalue weighted by Crippen LogP contribution is -2.48. The van der Waals surface area contributed by atoms with Crippen LogP contribution in [0, 0.1) is 0 Å². The first-order valence-electron chi connectivity index (χ1n) is 16.6. The molecular weight excluding hydrogens is 642 g/mol. The van der Waals surface area contributed by atoms with Crippen molar-refractivity contribution in [3.63, 3.8) is 0 Å². The molecule has 48 heavy (non-hydrogen) atoms. The molecule has 0 saturated carbocycles. The second-order valence-corrected chi connectivity index (χ2v) is 11.5. The maximum Gasteiger partial charge on any atom is 0.222 e. The molecule has 2 aliphatic heterocycles. The number of aliphatic imine (C=N–C) groups is 1. The lowest BCUT2D eigenvalue weighted by Gasteiger charge is -2.31. The highest BCUT2D eigenvalue weighted by Gasteiger charge is 2.40. The fraction of sp³-hybridized carbons (Fsp3) is 0.588. The monoisotopic (exact) mass is 691 g/mol. The smallest absolute Gasteiger partial charge is 0.222 e. The molecule has 0 spiro atoms. The Hall–Kier alpha value is -2.85. The second-order valence-electron chi connectivity index (χ2n) is 11.1. The molecule has 2 aromatic rings. The van der Waals surface area contributed by atoms with Crippen molar-refractivity contribution in [2.75, 3.05) is 97.8 Å². The molecule has 2 aliphatic rings. The van der Waals surface area contributed by atoms with Crippen LogP contribution >= 0.6 is 11.6 Å². The van der Waals surface area contributed by atoms with Crippen molar-refractivity contribution in [2.45, 2.75) is 38.6 Å². The largest absolute Gasteiger partial charge is 0.497 e. The van der Waals surface area contributed by atoms with E-state index in [9.17, 15) is 4.79 Å². The molecule has 4 rings (SSSR count). The summed E-state index contributed by atoms with van der Waals surface area (Å²) in [5.74, 6) is 0.613. The number of hydrogen-bond donors (Lipinski definition) is 3. The molecule has 2 heterocycles. The van der Waals surface area contributed by atoms with Gasteiger partial charge in [0.25, 0.3) is 0 Å². The van der Waals surface area contributed by atoms with E-state index in [1.807, 2.05) is 49.4 Å². The van der Waals surface area contributed by atoms with Gasteiger partial charge in [-0.15, -0.1) is 0 Å². The molecule has 0 bridgehead atoms. The zero-order valence-corrected chi connectivity index (χ0v) is 29.0. The number of fused-ring (bicyclic) bond motifs is 3. The summed E-state index contributed by atoms with van der Waals surface area (Å²) >= 11 is 6.20. The number of benzene rings is 2. The molecule has 13 nitrogen and oxygen atoms in total. The van der Waals surface area contributed by atoms with Crippen molar-refractivity contribution in [2.24, 2.45) is 4.99 Å². The number of amides is 1. The molecule has 1 saturated heterocycles. The van der Waals surface area contributed by atoms with Gasteiger partial charge in [-0.3, -0.25) is 9.79 Å². The van der Waals surface area contributed by atoms with Crippen LogP contribution < -0.4 is 25.8 Å². The number of carbonyl (C=O) groups is 1. The predicted molar refractivity (Wildman–Crippen MR) is 184 cm³/mol. The second kappa shape index (κ2) is 21.3. The number of anilines is 1. The Kier molecular flexibility index (Phi) is 16.8. The van der Waals surface area contributed by atoms with Crippen molar-refractivity contribution in [3.8, 4) is 5.75 Å². The van der Waals surface area contributed by atoms with Gasteiger partial charge in [-0.25, -0.2) is 10.9 Å². The summed E-state index contributed by atoms with van der Waals surface area (Å²) in [4.78, 5) is 20.5. The van der Waals surface area contributed by atoms with E-state index in [0.29, 0.717) is 90.8 Å². The van der Waals surface area contributed by atoms with Gasteiger partial charge in [-0.05, 0) is 44.2 Å². The van der Waals surface area contributed by atoms with E-state index >= 15 is 0 Å². The normalized spacial score (nSPS) is 18.6. The van der Waals surface area contributed by atoms with E-state index in [0.717, 1.165) is 28.3 Å². The maximum absolute atomic E-state index is 13.1. The van der Waals surface area contributed by atoms with E-state index in [-0.39, 0.29) is 30.7 Å². The van der Waals surface area contributed by atoms with Crippen LogP contribution in [0.3, 0.4) is 0 Å². The number of ether oxygens (including phenoxy) is 7. The Morgan fingerprint density at radius 3 is 2.00 bits per heavy atom. The average molecular weight is 692 g/mol. The standard InChI is InChI=1S/C34H50ClN5O8/c1-4-43-13-14-45-17-18-47-21-22-48-20-19-46-16-15-44-12-11-36-32(41)24-30-34-39-38-25(2)40(34)31-10-9-28(42-3)23-29(31)33(37-30)26-5-7-27(35)8-6-26/h5-10,23,25,30,34,38-39H,4,11-22,24H2,1-3H3,(H,36,41)/t25?,30-,34?/m0/s1. The fourth-order valence-corrected chi connectivity index (χ4v) is 5.48. The number of nitrogens with zero attached hydrogens (tertiary/aromatic N) is 2. The number of hydrogen-bond acceptors (Lipinski definition) is 12. The summed E-state index contributed by atoms with van der Waals surface area (Å²) in [5, 5.41) is 3.61. The zero-order valence-electron chi connectivity index (χ0n) is 28.2. The highest BCUT2D eigenvalue weighted by atomic mass is 35.5. The number of rotatable bonds is 23. The van der Waals surface area contributed by atoms with Crippen LogP contribution in [0.25, 0.3) is 0 Å². The minimum atomic E-state index is -0.389. The SMILES string of the molecule is CCOCCOCCOCCOCCOCCOCCNC(=O)C[C@@H]1N=C(c2ccc(Cl)cc2)c2cc(OC)ccc2N2C(C)NNC12. The molecule has 2 unspecified atom stereocenters. The predicted octanol–water partition coefficient (Wildman–Crippen LogP) is 2.78. The Balaban J connectivity index is 1.15. The van der Waals surface area contributed by atoms with E-state index in [1.54, 1.807) is 7.11 Å². The fourth-order valence-electron chi connectivity index (χ4n) is 5.35. The molecule has 14 heteroatoms. The molecule has 0 aromatic heterocycles. The molecule has 0 aliphatic carbocycles. The number of hydrazine groups is 1. The topological polar surface area (TPSA) is 133 Å². The van der Waals surface area contributed by atoms with Crippen LogP contribution in [0.2, 0.25) is 5.02 Å². The van der Waals surface area contributed by atoms with E-state index in [4.69, 9.17) is 49.8 Å². The lowest BCUT2D eigenvalue weighted by atomic mass is 9.99. The molecule has 266 valence electrons. The summed E-state index contributed by atoms with van der Waals surface area (Å²) in [5.41, 5.74) is 10.3. The van der Waals surface area contributed by atoms with Gasteiger partial charge in [0.2, 0.25) is 5.91 Å². The molecular formula is C34H50ClN5O8. The summed E-state index contributed by atoms with van der Waals surface area (Å²) in [7, 11) is 1.64. The van der Waals surface area contributed by atoms with Crippen molar-refractivity contribution in [1.29, 1.82) is 0 Å². The zero-order chi connectivity index (χ0) is 34.0. The molecule has 2 aromatic carbocycles. The Morgan fingerprint density at radius 2 is 1.42 bits per heavy atom. The molecule has 0 radical (unpaired) electrons. The third-order valence-corrected chi connectivity index (χ3v) is 7.95. The van der Waals surface area contributed by atoms with E-state index < -0.39 is 0 Å². The average Bonchev–Trinajstić information content (AvgIpc) is 3.42. The Labute approximate surface area is 288 Å². The van der Waals surface area contributed by atoms with Crippen LogP contribution in [-0.2, 0) is 33.2 Å². The maximum atomic E-state index is 13.1. The minimum Gasteiger partial charge on any atom is -0.497 e. The quantitative estimate of drug-likeness (QED) is 0.149.